The number of aryl methyl sites for hydroxylation is 1. The minimum Gasteiger partial charge on any atom is -0.368 e. The average Bonchev–Trinajstić information content (AvgIpc) is 3.34. The molecule has 9 heteroatoms. The van der Waals surface area contributed by atoms with Crippen LogP contribution in [0.2, 0.25) is 0 Å². The van der Waals surface area contributed by atoms with Gasteiger partial charge < -0.3 is 20.7 Å². The first-order valence-corrected chi connectivity index (χ1v) is 9.83. The average molecular weight is 401 g/mol. The van der Waals surface area contributed by atoms with Crippen LogP contribution in [0.4, 0.5) is 0 Å². The van der Waals surface area contributed by atoms with Crippen molar-refractivity contribution in [3.05, 3.63) is 16.1 Å². The molecule has 0 unspecified atom stereocenters. The second-order valence-corrected chi connectivity index (χ2v) is 8.06. The molecule has 1 aromatic heterocycles. The third kappa shape index (κ3) is 3.02. The molecule has 4 heterocycles. The van der Waals surface area contributed by atoms with E-state index in [1.54, 1.807) is 16.2 Å². The summed E-state index contributed by atoms with van der Waals surface area (Å²) in [6, 6.07) is 0. The Bertz CT molecular complexity index is 699. The molecule has 2 bridgehead atoms. The lowest BCUT2D eigenvalue weighted by Gasteiger charge is -2.26. The lowest BCUT2D eigenvalue weighted by atomic mass is 9.73. The van der Waals surface area contributed by atoms with E-state index in [1.807, 2.05) is 5.38 Å². The van der Waals surface area contributed by atoms with Crippen molar-refractivity contribution in [3.63, 3.8) is 0 Å². The maximum absolute atomic E-state index is 12.8. The quantitative estimate of drug-likeness (QED) is 0.732. The Morgan fingerprint density at radius 1 is 1.58 bits per heavy atom. The number of rotatable bonds is 6. The number of likely N-dealkylation sites (tertiary alicyclic amines) is 1. The molecule has 3 aliphatic heterocycles. The van der Waals surface area contributed by atoms with Crippen LogP contribution in [-0.2, 0) is 27.3 Å². The molecule has 26 heavy (non-hydrogen) atoms. The molecule has 0 aliphatic carbocycles. The van der Waals surface area contributed by atoms with Crippen molar-refractivity contribution >= 4 is 35.6 Å². The van der Waals surface area contributed by atoms with Gasteiger partial charge in [0.25, 0.3) is 0 Å². The number of fused-ring (bicyclic) bond motifs is 1. The molecule has 144 valence electrons. The Labute approximate surface area is 163 Å². The number of nitrogens with zero attached hydrogens (tertiary/aromatic N) is 2. The Morgan fingerprint density at radius 2 is 2.38 bits per heavy atom. The highest BCUT2D eigenvalue weighted by Gasteiger charge is 2.68. The van der Waals surface area contributed by atoms with Gasteiger partial charge in [0.15, 0.2) is 0 Å². The third-order valence-corrected chi connectivity index (χ3v) is 6.58. The monoisotopic (exact) mass is 400 g/mol. The third-order valence-electron chi connectivity index (χ3n) is 5.68. The molecule has 2 amide bonds. The van der Waals surface area contributed by atoms with Gasteiger partial charge >= 0.3 is 0 Å². The molecule has 1 aromatic rings. The fourth-order valence-electron chi connectivity index (χ4n) is 4.56. The van der Waals surface area contributed by atoms with Gasteiger partial charge in [-0.15, -0.1) is 23.7 Å². The zero-order valence-electron chi connectivity index (χ0n) is 14.8. The number of carbonyl (C=O) groups excluding carboxylic acids is 2. The van der Waals surface area contributed by atoms with Gasteiger partial charge in [0.2, 0.25) is 11.8 Å². The van der Waals surface area contributed by atoms with E-state index in [0.717, 1.165) is 30.0 Å². The number of ether oxygens (including phenoxy) is 1. The predicted molar refractivity (Wildman–Crippen MR) is 100 cm³/mol. The Balaban J connectivity index is 0.00000196. The SMILES string of the molecule is CCc1csc(CNC(=O)[C@H]2[C@@H]3CC[C@@]4(CN(CCN)C(=O)[C@@H]24)O3)n1.Cl. The van der Waals surface area contributed by atoms with Crippen LogP contribution in [-0.4, -0.2) is 53.0 Å². The Kier molecular flexibility index (Phi) is 5.58. The first-order valence-electron chi connectivity index (χ1n) is 8.95. The second kappa shape index (κ2) is 7.42. The largest absolute Gasteiger partial charge is 0.368 e. The molecule has 4 atom stereocenters. The summed E-state index contributed by atoms with van der Waals surface area (Å²) >= 11 is 1.55. The lowest BCUT2D eigenvalue weighted by Crippen LogP contribution is -2.45. The molecule has 1 spiro atoms. The summed E-state index contributed by atoms with van der Waals surface area (Å²) in [5.74, 6) is -0.821. The first kappa shape index (κ1) is 19.5. The summed E-state index contributed by atoms with van der Waals surface area (Å²) in [6.07, 6.45) is 2.44. The van der Waals surface area contributed by atoms with Crippen molar-refractivity contribution in [1.29, 1.82) is 0 Å². The van der Waals surface area contributed by atoms with E-state index in [2.05, 4.69) is 17.2 Å². The van der Waals surface area contributed by atoms with Crippen LogP contribution in [0, 0.1) is 11.8 Å². The van der Waals surface area contributed by atoms with E-state index < -0.39 is 11.5 Å². The standard InChI is InChI=1S/C17H24N4O3S.ClH/c1-2-10-8-25-12(20-10)7-19-15(22)13-11-3-4-17(24-11)9-21(6-5-18)16(23)14(13)17;/h8,11,13-14H,2-7,9,18H2,1H3,(H,19,22);1H/t11-,13-,14+,17-;/m0./s1. The van der Waals surface area contributed by atoms with Crippen molar-refractivity contribution in [2.24, 2.45) is 17.6 Å². The number of nitrogens with two attached hydrogens (primary N) is 1. The highest BCUT2D eigenvalue weighted by atomic mass is 35.5. The number of aromatic nitrogens is 1. The molecular formula is C17H25ClN4O3S. The highest BCUT2D eigenvalue weighted by Crippen LogP contribution is 2.55. The molecule has 3 aliphatic rings. The molecule has 3 N–H and O–H groups in total. The van der Waals surface area contributed by atoms with Gasteiger partial charge in [-0.2, -0.15) is 0 Å². The fourth-order valence-corrected chi connectivity index (χ4v) is 5.38. The van der Waals surface area contributed by atoms with Crippen LogP contribution in [0.1, 0.15) is 30.5 Å². The van der Waals surface area contributed by atoms with Crippen LogP contribution in [0.15, 0.2) is 5.38 Å². The number of halogens is 1. The number of nitrogens with one attached hydrogen (secondary N) is 1. The normalized spacial score (nSPS) is 31.8. The smallest absolute Gasteiger partial charge is 0.229 e. The molecule has 7 nitrogen and oxygen atoms in total. The minimum absolute atomic E-state index is 0. The van der Waals surface area contributed by atoms with E-state index in [9.17, 15) is 9.59 Å². The maximum Gasteiger partial charge on any atom is 0.229 e. The van der Waals surface area contributed by atoms with Gasteiger partial charge in [0.05, 0.1) is 42.3 Å². The zero-order valence-corrected chi connectivity index (χ0v) is 16.4. The minimum atomic E-state index is -0.477. The second-order valence-electron chi connectivity index (χ2n) is 7.12. The van der Waals surface area contributed by atoms with Gasteiger partial charge in [0.1, 0.15) is 5.01 Å². The molecule has 0 aromatic carbocycles. The molecule has 4 rings (SSSR count). The van der Waals surface area contributed by atoms with Crippen molar-refractivity contribution in [2.45, 2.75) is 44.4 Å². The highest BCUT2D eigenvalue weighted by molar-refractivity contribution is 7.09. The maximum atomic E-state index is 12.8. The topological polar surface area (TPSA) is 97.6 Å². The van der Waals surface area contributed by atoms with E-state index in [0.29, 0.717) is 26.2 Å². The number of carbonyl (C=O) groups is 2. The van der Waals surface area contributed by atoms with Crippen LogP contribution >= 0.6 is 23.7 Å². The van der Waals surface area contributed by atoms with Gasteiger partial charge in [-0.25, -0.2) is 4.98 Å². The number of thiazole rings is 1. The van der Waals surface area contributed by atoms with Crippen LogP contribution < -0.4 is 11.1 Å². The summed E-state index contributed by atoms with van der Waals surface area (Å²) < 4.78 is 6.16. The lowest BCUT2D eigenvalue weighted by molar-refractivity contribution is -0.138. The number of hydrogen-bond acceptors (Lipinski definition) is 6. The first-order chi connectivity index (χ1) is 12.1. The van der Waals surface area contributed by atoms with Gasteiger partial charge in [-0.1, -0.05) is 6.92 Å². The van der Waals surface area contributed by atoms with Crippen LogP contribution in [0.3, 0.4) is 0 Å². The predicted octanol–water partition coefficient (Wildman–Crippen LogP) is 0.708. The molecular weight excluding hydrogens is 376 g/mol. The number of hydrogen-bond donors (Lipinski definition) is 2. The van der Waals surface area contributed by atoms with Crippen molar-refractivity contribution in [3.8, 4) is 0 Å². The van der Waals surface area contributed by atoms with Gasteiger partial charge in [-0.05, 0) is 19.3 Å². The Morgan fingerprint density at radius 3 is 3.08 bits per heavy atom. The molecule has 3 saturated heterocycles. The molecule has 3 fully saturated rings. The van der Waals surface area contributed by atoms with E-state index in [4.69, 9.17) is 10.5 Å². The van der Waals surface area contributed by atoms with E-state index in [-0.39, 0.29) is 36.2 Å². The van der Waals surface area contributed by atoms with Crippen molar-refractivity contribution < 1.29 is 14.3 Å². The summed E-state index contributed by atoms with van der Waals surface area (Å²) in [6.45, 7) is 3.99. The summed E-state index contributed by atoms with van der Waals surface area (Å²) in [7, 11) is 0. The summed E-state index contributed by atoms with van der Waals surface area (Å²) in [4.78, 5) is 31.9. The summed E-state index contributed by atoms with van der Waals surface area (Å²) in [5.41, 5.74) is 6.18. The molecule has 0 radical (unpaired) electrons. The zero-order chi connectivity index (χ0) is 17.6. The van der Waals surface area contributed by atoms with Gasteiger partial charge in [-0.3, -0.25) is 9.59 Å². The van der Waals surface area contributed by atoms with Crippen LogP contribution in [0.25, 0.3) is 0 Å². The van der Waals surface area contributed by atoms with Crippen molar-refractivity contribution in [1.82, 2.24) is 15.2 Å². The van der Waals surface area contributed by atoms with Crippen LogP contribution in [0.5, 0.6) is 0 Å². The molecule has 0 saturated carbocycles. The fraction of sp³-hybridized carbons (Fsp3) is 0.706. The summed E-state index contributed by atoms with van der Waals surface area (Å²) in [5, 5.41) is 5.88. The van der Waals surface area contributed by atoms with Gasteiger partial charge in [0, 0.05) is 18.5 Å². The Hall–Kier alpha value is -1.22. The van der Waals surface area contributed by atoms with Crippen molar-refractivity contribution in [2.75, 3.05) is 19.6 Å². The number of amides is 2. The van der Waals surface area contributed by atoms with E-state index >= 15 is 0 Å². The van der Waals surface area contributed by atoms with E-state index in [1.165, 1.54) is 0 Å².